The van der Waals surface area contributed by atoms with E-state index in [1.54, 1.807) is 12.1 Å². The molecule has 1 amide bonds. The molecule has 0 fully saturated rings. The molecule has 0 atom stereocenters. The highest BCUT2D eigenvalue weighted by atomic mass is 32.1. The summed E-state index contributed by atoms with van der Waals surface area (Å²) in [4.78, 5) is 13.4. The molecular weight excluding hydrogens is 343 g/mol. The fourth-order valence-electron chi connectivity index (χ4n) is 2.98. The number of rotatable bonds is 5. The van der Waals surface area contributed by atoms with Gasteiger partial charge in [0.2, 0.25) is 0 Å². The minimum absolute atomic E-state index is 0.134. The standard InChI is InChI=1S/C18H19FN2O3S/c1-24-16-9-11(5-6-14(16)19)7-8-20-18(22)13-10-25-17-12(13)3-2-4-15(17)21-23/h5-6,9-10,23H,2-4,7-8H2,1H3,(H,20,22)/b21-15-. The van der Waals surface area contributed by atoms with Crippen molar-refractivity contribution in [1.82, 2.24) is 5.32 Å². The van der Waals surface area contributed by atoms with Gasteiger partial charge in [-0.15, -0.1) is 11.3 Å². The van der Waals surface area contributed by atoms with Gasteiger partial charge in [0, 0.05) is 11.9 Å². The Morgan fingerprint density at radius 1 is 1.44 bits per heavy atom. The van der Waals surface area contributed by atoms with Crippen LogP contribution in [0.2, 0.25) is 0 Å². The van der Waals surface area contributed by atoms with Gasteiger partial charge in [-0.05, 0) is 48.9 Å². The number of hydrogen-bond acceptors (Lipinski definition) is 5. The summed E-state index contributed by atoms with van der Waals surface area (Å²) in [6.45, 7) is 0.444. The van der Waals surface area contributed by atoms with Crippen LogP contribution in [-0.2, 0) is 12.8 Å². The number of carbonyl (C=O) groups is 1. The summed E-state index contributed by atoms with van der Waals surface area (Å²) >= 11 is 1.44. The summed E-state index contributed by atoms with van der Waals surface area (Å²) in [5.41, 5.74) is 3.16. The Balaban J connectivity index is 1.63. The highest BCUT2D eigenvalue weighted by molar-refractivity contribution is 7.12. The molecule has 3 rings (SSSR count). The van der Waals surface area contributed by atoms with Gasteiger partial charge in [0.05, 0.1) is 23.3 Å². The molecule has 1 heterocycles. The van der Waals surface area contributed by atoms with E-state index in [4.69, 9.17) is 9.94 Å². The first kappa shape index (κ1) is 17.4. The van der Waals surface area contributed by atoms with E-state index in [2.05, 4.69) is 10.5 Å². The Morgan fingerprint density at radius 3 is 3.04 bits per heavy atom. The number of thiophene rings is 1. The van der Waals surface area contributed by atoms with Gasteiger partial charge in [-0.3, -0.25) is 4.79 Å². The first-order valence-electron chi connectivity index (χ1n) is 8.06. The van der Waals surface area contributed by atoms with Gasteiger partial charge >= 0.3 is 0 Å². The lowest BCUT2D eigenvalue weighted by Crippen LogP contribution is -2.26. The van der Waals surface area contributed by atoms with Crippen molar-refractivity contribution >= 4 is 23.0 Å². The van der Waals surface area contributed by atoms with E-state index < -0.39 is 5.82 Å². The molecule has 0 saturated carbocycles. The van der Waals surface area contributed by atoms with Crippen molar-refractivity contribution in [3.63, 3.8) is 0 Å². The van der Waals surface area contributed by atoms with Crippen LogP contribution in [0.5, 0.6) is 5.75 Å². The molecule has 0 aliphatic heterocycles. The molecule has 2 aromatic rings. The molecule has 132 valence electrons. The second kappa shape index (κ2) is 7.65. The molecule has 0 radical (unpaired) electrons. The number of carbonyl (C=O) groups excluding carboxylic acids is 1. The number of nitrogens with zero attached hydrogens (tertiary/aromatic N) is 1. The Hall–Kier alpha value is -2.41. The smallest absolute Gasteiger partial charge is 0.252 e. The Bertz CT molecular complexity index is 817. The topological polar surface area (TPSA) is 70.9 Å². The maximum absolute atomic E-state index is 13.4. The van der Waals surface area contributed by atoms with Gasteiger partial charge in [-0.25, -0.2) is 4.39 Å². The molecule has 5 nitrogen and oxygen atoms in total. The van der Waals surface area contributed by atoms with Crippen LogP contribution >= 0.6 is 11.3 Å². The third kappa shape index (κ3) is 3.66. The highest BCUT2D eigenvalue weighted by Crippen LogP contribution is 2.30. The number of methoxy groups -OCH3 is 1. The number of halogens is 1. The number of hydrogen-bond donors (Lipinski definition) is 2. The van der Waals surface area contributed by atoms with Gasteiger partial charge in [-0.2, -0.15) is 0 Å². The molecule has 0 unspecified atom stereocenters. The van der Waals surface area contributed by atoms with Gasteiger partial charge < -0.3 is 15.3 Å². The van der Waals surface area contributed by atoms with Crippen LogP contribution in [-0.4, -0.2) is 30.5 Å². The largest absolute Gasteiger partial charge is 0.494 e. The Labute approximate surface area is 149 Å². The van der Waals surface area contributed by atoms with E-state index in [0.29, 0.717) is 24.2 Å². The zero-order valence-electron chi connectivity index (χ0n) is 13.8. The predicted octanol–water partition coefficient (Wildman–Crippen LogP) is 3.38. The second-order valence-corrected chi connectivity index (χ2v) is 6.71. The van der Waals surface area contributed by atoms with Gasteiger partial charge in [0.25, 0.3) is 5.91 Å². The van der Waals surface area contributed by atoms with Crippen molar-refractivity contribution in [3.05, 3.63) is 51.0 Å². The number of oxime groups is 1. The van der Waals surface area contributed by atoms with Crippen LogP contribution in [0.1, 0.15) is 39.2 Å². The number of benzene rings is 1. The van der Waals surface area contributed by atoms with Crippen molar-refractivity contribution in [2.75, 3.05) is 13.7 Å². The number of nitrogens with one attached hydrogen (secondary N) is 1. The van der Waals surface area contributed by atoms with Crippen LogP contribution in [0.25, 0.3) is 0 Å². The Kier molecular flexibility index (Phi) is 5.33. The number of ether oxygens (including phenoxy) is 1. The fraction of sp³-hybridized carbons (Fsp3) is 0.333. The van der Waals surface area contributed by atoms with Gasteiger partial charge in [0.1, 0.15) is 0 Å². The SMILES string of the molecule is COc1cc(CCNC(=O)c2csc3c2CCC/C3=N/O)ccc1F. The number of fused-ring (bicyclic) bond motifs is 1. The average molecular weight is 362 g/mol. The average Bonchev–Trinajstić information content (AvgIpc) is 3.07. The summed E-state index contributed by atoms with van der Waals surface area (Å²) in [7, 11) is 1.42. The van der Waals surface area contributed by atoms with E-state index in [9.17, 15) is 9.18 Å². The molecule has 25 heavy (non-hydrogen) atoms. The monoisotopic (exact) mass is 362 g/mol. The van der Waals surface area contributed by atoms with Crippen LogP contribution in [0.15, 0.2) is 28.7 Å². The molecule has 1 aliphatic carbocycles. The van der Waals surface area contributed by atoms with Crippen molar-refractivity contribution in [2.45, 2.75) is 25.7 Å². The molecule has 1 aliphatic rings. The predicted molar refractivity (Wildman–Crippen MR) is 94.6 cm³/mol. The van der Waals surface area contributed by atoms with E-state index in [1.807, 2.05) is 5.38 Å². The summed E-state index contributed by atoms with van der Waals surface area (Å²) in [5, 5.41) is 17.1. The normalized spacial score (nSPS) is 15.0. The summed E-state index contributed by atoms with van der Waals surface area (Å²) < 4.78 is 18.4. The van der Waals surface area contributed by atoms with Crippen molar-refractivity contribution in [3.8, 4) is 5.75 Å². The highest BCUT2D eigenvalue weighted by Gasteiger charge is 2.24. The van der Waals surface area contributed by atoms with Crippen molar-refractivity contribution < 1.29 is 19.1 Å². The molecule has 1 aromatic carbocycles. The summed E-state index contributed by atoms with van der Waals surface area (Å²) in [6, 6.07) is 4.68. The third-order valence-electron chi connectivity index (χ3n) is 4.28. The minimum atomic E-state index is -0.401. The molecule has 7 heteroatoms. The zero-order valence-corrected chi connectivity index (χ0v) is 14.7. The van der Waals surface area contributed by atoms with Gasteiger partial charge in [0.15, 0.2) is 11.6 Å². The molecule has 0 spiro atoms. The number of amides is 1. The van der Waals surface area contributed by atoms with Crippen LogP contribution in [0, 0.1) is 5.82 Å². The molecular formula is C18H19FN2O3S. The van der Waals surface area contributed by atoms with Gasteiger partial charge in [-0.1, -0.05) is 11.2 Å². The van der Waals surface area contributed by atoms with Crippen LogP contribution in [0.4, 0.5) is 4.39 Å². The lowest BCUT2D eigenvalue weighted by Gasteiger charge is -2.14. The molecule has 2 N–H and O–H groups in total. The first-order chi connectivity index (χ1) is 12.1. The molecule has 0 bridgehead atoms. The maximum atomic E-state index is 13.4. The van der Waals surface area contributed by atoms with Crippen molar-refractivity contribution in [1.29, 1.82) is 0 Å². The zero-order chi connectivity index (χ0) is 17.8. The lowest BCUT2D eigenvalue weighted by molar-refractivity contribution is 0.0953. The van der Waals surface area contributed by atoms with Crippen molar-refractivity contribution in [2.24, 2.45) is 5.16 Å². The summed E-state index contributed by atoms with van der Waals surface area (Å²) in [5.74, 6) is -0.334. The first-order valence-corrected chi connectivity index (χ1v) is 8.94. The van der Waals surface area contributed by atoms with Crippen LogP contribution in [0.3, 0.4) is 0 Å². The lowest BCUT2D eigenvalue weighted by atomic mass is 9.94. The van der Waals surface area contributed by atoms with E-state index >= 15 is 0 Å². The second-order valence-electron chi connectivity index (χ2n) is 5.83. The fourth-order valence-corrected chi connectivity index (χ4v) is 4.10. The van der Waals surface area contributed by atoms with E-state index in [0.717, 1.165) is 35.3 Å². The molecule has 0 saturated heterocycles. The minimum Gasteiger partial charge on any atom is -0.494 e. The Morgan fingerprint density at radius 2 is 2.28 bits per heavy atom. The van der Waals surface area contributed by atoms with E-state index in [1.165, 1.54) is 24.5 Å². The molecule has 1 aromatic heterocycles. The third-order valence-corrected chi connectivity index (χ3v) is 5.35. The summed E-state index contributed by atoms with van der Waals surface area (Å²) in [6.07, 6.45) is 3.00. The van der Waals surface area contributed by atoms with Crippen LogP contribution < -0.4 is 10.1 Å². The quantitative estimate of drug-likeness (QED) is 0.633. The van der Waals surface area contributed by atoms with E-state index in [-0.39, 0.29) is 11.7 Å². The maximum Gasteiger partial charge on any atom is 0.252 e.